The fraction of sp³-hybridized carbons (Fsp3) is 0.286. The maximum Gasteiger partial charge on any atom is 0.264 e. The third kappa shape index (κ3) is 4.08. The average Bonchev–Trinajstić information content (AvgIpc) is 3.48. The Hall–Kier alpha value is -2.78. The molecule has 1 N–H and O–H groups in total. The molecule has 0 atom stereocenters. The van der Waals surface area contributed by atoms with Gasteiger partial charge in [0.15, 0.2) is 0 Å². The van der Waals surface area contributed by atoms with Gasteiger partial charge in [0.25, 0.3) is 15.9 Å². The molecule has 0 unspecified atom stereocenters. The van der Waals surface area contributed by atoms with Gasteiger partial charge in [-0.25, -0.2) is 8.42 Å². The fourth-order valence-corrected chi connectivity index (χ4v) is 5.81. The van der Waals surface area contributed by atoms with Crippen LogP contribution in [0.25, 0.3) is 0 Å². The standard InChI is InChI=1S/C21H22N4O3S2/c1-3-25(17-7-5-4-6-8-17)30(27,28)18-13-16(10-9-14(18)2)19(26)22-21-24-23-20(29-21)15-11-12-15/h4-10,13,15H,3,11-12H2,1-2H3,(H,22,24,26). The number of nitrogens with zero attached hydrogens (tertiary/aromatic N) is 3. The molecule has 156 valence electrons. The van der Waals surface area contributed by atoms with Crippen molar-refractivity contribution in [2.45, 2.75) is 37.5 Å². The summed E-state index contributed by atoms with van der Waals surface area (Å²) in [7, 11) is -3.83. The number of para-hydroxylation sites is 1. The van der Waals surface area contributed by atoms with Crippen molar-refractivity contribution in [1.29, 1.82) is 0 Å². The minimum Gasteiger partial charge on any atom is -0.296 e. The molecule has 0 saturated heterocycles. The van der Waals surface area contributed by atoms with Gasteiger partial charge in [-0.15, -0.1) is 10.2 Å². The van der Waals surface area contributed by atoms with Gasteiger partial charge in [-0.3, -0.25) is 14.4 Å². The molecule has 3 aromatic rings. The lowest BCUT2D eigenvalue weighted by molar-refractivity contribution is 0.102. The quantitative estimate of drug-likeness (QED) is 0.592. The number of aryl methyl sites for hydroxylation is 1. The zero-order chi connectivity index (χ0) is 21.3. The summed E-state index contributed by atoms with van der Waals surface area (Å²) >= 11 is 1.36. The van der Waals surface area contributed by atoms with Crippen molar-refractivity contribution in [2.24, 2.45) is 0 Å². The Kier molecular flexibility index (Phi) is 5.57. The second-order valence-electron chi connectivity index (χ2n) is 7.16. The van der Waals surface area contributed by atoms with Crippen LogP contribution in [-0.2, 0) is 10.0 Å². The monoisotopic (exact) mass is 442 g/mol. The van der Waals surface area contributed by atoms with E-state index in [4.69, 9.17) is 0 Å². The summed E-state index contributed by atoms with van der Waals surface area (Å²) in [4.78, 5) is 12.8. The van der Waals surface area contributed by atoms with Gasteiger partial charge in [-0.1, -0.05) is 35.6 Å². The van der Waals surface area contributed by atoms with Crippen LogP contribution in [0.15, 0.2) is 53.4 Å². The maximum atomic E-state index is 13.4. The number of rotatable bonds is 7. The van der Waals surface area contributed by atoms with Gasteiger partial charge < -0.3 is 0 Å². The largest absolute Gasteiger partial charge is 0.296 e. The first kappa shape index (κ1) is 20.5. The zero-order valence-electron chi connectivity index (χ0n) is 16.7. The average molecular weight is 443 g/mol. The Morgan fingerprint density at radius 3 is 2.57 bits per heavy atom. The molecule has 1 aromatic heterocycles. The Balaban J connectivity index is 1.62. The number of anilines is 2. The Morgan fingerprint density at radius 2 is 1.90 bits per heavy atom. The van der Waals surface area contributed by atoms with Crippen LogP contribution in [0.4, 0.5) is 10.8 Å². The van der Waals surface area contributed by atoms with Crippen molar-refractivity contribution in [2.75, 3.05) is 16.2 Å². The van der Waals surface area contributed by atoms with E-state index in [1.54, 1.807) is 50.2 Å². The van der Waals surface area contributed by atoms with Crippen LogP contribution in [0.2, 0.25) is 0 Å². The molecule has 1 fully saturated rings. The van der Waals surface area contributed by atoms with Gasteiger partial charge in [-0.05, 0) is 56.5 Å². The lowest BCUT2D eigenvalue weighted by Crippen LogP contribution is -2.31. The third-order valence-corrected chi connectivity index (χ3v) is 7.98. The molecule has 30 heavy (non-hydrogen) atoms. The summed E-state index contributed by atoms with van der Waals surface area (Å²) in [5, 5.41) is 12.2. The number of hydrogen-bond donors (Lipinski definition) is 1. The summed E-state index contributed by atoms with van der Waals surface area (Å²) in [6.07, 6.45) is 2.22. The van der Waals surface area contributed by atoms with E-state index in [0.717, 1.165) is 17.8 Å². The lowest BCUT2D eigenvalue weighted by Gasteiger charge is -2.24. The second kappa shape index (κ2) is 8.16. The highest BCUT2D eigenvalue weighted by Crippen LogP contribution is 2.42. The molecule has 0 bridgehead atoms. The Labute approximate surface area is 179 Å². The predicted octanol–water partition coefficient (Wildman–Crippen LogP) is 4.19. The Morgan fingerprint density at radius 1 is 1.17 bits per heavy atom. The van der Waals surface area contributed by atoms with Crippen LogP contribution in [0, 0.1) is 6.92 Å². The minimum absolute atomic E-state index is 0.108. The normalized spacial score (nSPS) is 13.8. The Bertz CT molecular complexity index is 1170. The lowest BCUT2D eigenvalue weighted by atomic mass is 10.1. The summed E-state index contributed by atoms with van der Waals surface area (Å²) in [6.45, 7) is 3.78. The molecule has 2 aromatic carbocycles. The van der Waals surface area contributed by atoms with E-state index in [2.05, 4.69) is 15.5 Å². The van der Waals surface area contributed by atoms with E-state index < -0.39 is 15.9 Å². The highest BCUT2D eigenvalue weighted by atomic mass is 32.2. The van der Waals surface area contributed by atoms with E-state index in [0.29, 0.717) is 22.3 Å². The van der Waals surface area contributed by atoms with Gasteiger partial charge >= 0.3 is 0 Å². The number of carbonyl (C=O) groups excluding carboxylic acids is 1. The SMILES string of the molecule is CCN(c1ccccc1)S(=O)(=O)c1cc(C(=O)Nc2nnc(C3CC3)s2)ccc1C. The number of sulfonamides is 1. The molecule has 1 amide bonds. The topological polar surface area (TPSA) is 92.3 Å². The molecule has 1 heterocycles. The molecular weight excluding hydrogens is 420 g/mol. The molecule has 1 saturated carbocycles. The molecule has 0 radical (unpaired) electrons. The molecular formula is C21H22N4O3S2. The number of nitrogens with one attached hydrogen (secondary N) is 1. The van der Waals surface area contributed by atoms with Crippen molar-refractivity contribution in [3.63, 3.8) is 0 Å². The van der Waals surface area contributed by atoms with Crippen LogP contribution < -0.4 is 9.62 Å². The zero-order valence-corrected chi connectivity index (χ0v) is 18.3. The molecule has 1 aliphatic rings. The molecule has 1 aliphatic carbocycles. The number of aromatic nitrogens is 2. The van der Waals surface area contributed by atoms with Crippen LogP contribution in [0.5, 0.6) is 0 Å². The van der Waals surface area contributed by atoms with Crippen LogP contribution >= 0.6 is 11.3 Å². The van der Waals surface area contributed by atoms with Crippen molar-refractivity contribution >= 4 is 38.1 Å². The van der Waals surface area contributed by atoms with E-state index in [-0.39, 0.29) is 17.0 Å². The van der Waals surface area contributed by atoms with Crippen molar-refractivity contribution in [3.05, 3.63) is 64.7 Å². The summed E-state index contributed by atoms with van der Waals surface area (Å²) in [6, 6.07) is 13.6. The van der Waals surface area contributed by atoms with Crippen LogP contribution in [0.1, 0.15) is 46.6 Å². The molecule has 0 aliphatic heterocycles. The molecule has 0 spiro atoms. The first-order chi connectivity index (χ1) is 14.4. The fourth-order valence-electron chi connectivity index (χ4n) is 3.17. The second-order valence-corrected chi connectivity index (χ2v) is 10.00. The number of amides is 1. The minimum atomic E-state index is -3.83. The highest BCUT2D eigenvalue weighted by Gasteiger charge is 2.29. The van der Waals surface area contributed by atoms with Gasteiger partial charge in [-0.2, -0.15) is 0 Å². The number of hydrogen-bond acceptors (Lipinski definition) is 6. The number of benzene rings is 2. The smallest absolute Gasteiger partial charge is 0.264 e. The molecule has 9 heteroatoms. The van der Waals surface area contributed by atoms with Gasteiger partial charge in [0.05, 0.1) is 10.6 Å². The highest BCUT2D eigenvalue weighted by molar-refractivity contribution is 7.92. The summed E-state index contributed by atoms with van der Waals surface area (Å²) in [5.41, 5.74) is 1.41. The van der Waals surface area contributed by atoms with E-state index in [1.165, 1.54) is 21.7 Å². The first-order valence-electron chi connectivity index (χ1n) is 9.73. The summed E-state index contributed by atoms with van der Waals surface area (Å²) < 4.78 is 28.1. The van der Waals surface area contributed by atoms with Crippen molar-refractivity contribution in [1.82, 2.24) is 10.2 Å². The third-order valence-electron chi connectivity index (χ3n) is 4.94. The maximum absolute atomic E-state index is 13.4. The summed E-state index contributed by atoms with van der Waals surface area (Å²) in [5.74, 6) is 0.0509. The van der Waals surface area contributed by atoms with Gasteiger partial charge in [0.2, 0.25) is 5.13 Å². The van der Waals surface area contributed by atoms with Crippen molar-refractivity contribution in [3.8, 4) is 0 Å². The van der Waals surface area contributed by atoms with E-state index in [1.807, 2.05) is 6.07 Å². The van der Waals surface area contributed by atoms with Gasteiger partial charge in [0, 0.05) is 18.0 Å². The van der Waals surface area contributed by atoms with Gasteiger partial charge in [0.1, 0.15) is 5.01 Å². The van der Waals surface area contributed by atoms with E-state index in [9.17, 15) is 13.2 Å². The molecule has 4 rings (SSSR count). The number of carbonyl (C=O) groups is 1. The first-order valence-corrected chi connectivity index (χ1v) is 12.0. The van der Waals surface area contributed by atoms with Crippen molar-refractivity contribution < 1.29 is 13.2 Å². The van der Waals surface area contributed by atoms with Crippen LogP contribution in [0.3, 0.4) is 0 Å². The predicted molar refractivity (Wildman–Crippen MR) is 118 cm³/mol. The molecule has 7 nitrogen and oxygen atoms in total. The van der Waals surface area contributed by atoms with E-state index >= 15 is 0 Å². The van der Waals surface area contributed by atoms with Crippen LogP contribution in [-0.4, -0.2) is 31.1 Å².